The zero-order valence-corrected chi connectivity index (χ0v) is 17.9. The van der Waals surface area contributed by atoms with Crippen LogP contribution in [0.1, 0.15) is 33.3 Å². The summed E-state index contributed by atoms with van der Waals surface area (Å²) in [5.41, 5.74) is 1.35. The molecular weight excluding hydrogens is 385 g/mol. The van der Waals surface area contributed by atoms with Gasteiger partial charge >= 0.3 is 0 Å². The lowest BCUT2D eigenvalue weighted by atomic mass is 9.69. The van der Waals surface area contributed by atoms with Gasteiger partial charge in [0.25, 0.3) is 0 Å². The van der Waals surface area contributed by atoms with Crippen LogP contribution >= 0.6 is 0 Å². The first-order valence-electron chi connectivity index (χ1n) is 10.8. The van der Waals surface area contributed by atoms with Gasteiger partial charge in [-0.15, -0.1) is 0 Å². The molecule has 1 spiro atoms. The van der Waals surface area contributed by atoms with E-state index in [0.29, 0.717) is 31.1 Å². The molecular formula is C22H28FN5O2. The first-order chi connectivity index (χ1) is 14.5. The van der Waals surface area contributed by atoms with E-state index < -0.39 is 5.41 Å². The Morgan fingerprint density at radius 1 is 1.23 bits per heavy atom. The zero-order valence-electron chi connectivity index (χ0n) is 17.9. The molecule has 0 amide bonds. The lowest BCUT2D eigenvalue weighted by Gasteiger charge is -2.54. The van der Waals surface area contributed by atoms with E-state index in [2.05, 4.69) is 51.8 Å². The Hall–Kier alpha value is -2.48. The van der Waals surface area contributed by atoms with E-state index in [-0.39, 0.29) is 29.7 Å². The number of fused-ring (bicyclic) bond motifs is 5. The van der Waals surface area contributed by atoms with Crippen molar-refractivity contribution >= 4 is 34.9 Å². The number of nitrogens with zero attached hydrogens (tertiary/aromatic N) is 5. The van der Waals surface area contributed by atoms with Crippen molar-refractivity contribution in [2.45, 2.75) is 52.4 Å². The van der Waals surface area contributed by atoms with E-state index in [0.717, 1.165) is 24.0 Å². The molecule has 1 saturated heterocycles. The standard InChI is InChI=1S/C22H28FN5O2/c1-5-27(6-2)21-16-7-15-8-22(10-24-12-25-11-22)20-14(4)29-13(3)9-28(20)18(15)17(23)19(16)30-26-21/h7,10-11,13-14,20H,5-6,8-9,12H2,1-4H3/t13-,14+,20-/m0/s1. The highest BCUT2D eigenvalue weighted by Crippen LogP contribution is 2.48. The van der Waals surface area contributed by atoms with Gasteiger partial charge in [-0.3, -0.25) is 9.98 Å². The van der Waals surface area contributed by atoms with Gasteiger partial charge in [0.1, 0.15) is 6.67 Å². The summed E-state index contributed by atoms with van der Waals surface area (Å²) in [6.07, 6.45) is 4.52. The second-order valence-electron chi connectivity index (χ2n) is 8.56. The number of aliphatic imine (C=N–C) groups is 2. The van der Waals surface area contributed by atoms with E-state index in [4.69, 9.17) is 9.26 Å². The van der Waals surface area contributed by atoms with Crippen LogP contribution in [0, 0.1) is 11.2 Å². The summed E-state index contributed by atoms with van der Waals surface area (Å²) in [5.74, 6) is 0.363. The number of hydrogen-bond acceptors (Lipinski definition) is 7. The molecule has 3 atom stereocenters. The third-order valence-electron chi connectivity index (χ3n) is 6.64. The molecule has 5 rings (SSSR count). The number of halogens is 1. The summed E-state index contributed by atoms with van der Waals surface area (Å²) in [6.45, 7) is 10.8. The Morgan fingerprint density at radius 2 is 1.97 bits per heavy atom. The maximum atomic E-state index is 15.9. The van der Waals surface area contributed by atoms with Gasteiger partial charge in [-0.2, -0.15) is 0 Å². The number of hydrogen-bond donors (Lipinski definition) is 0. The molecule has 4 heterocycles. The van der Waals surface area contributed by atoms with Gasteiger partial charge in [0, 0.05) is 32.1 Å². The van der Waals surface area contributed by atoms with Gasteiger partial charge < -0.3 is 19.1 Å². The number of aromatic nitrogens is 1. The predicted octanol–water partition coefficient (Wildman–Crippen LogP) is 3.45. The van der Waals surface area contributed by atoms with E-state index in [1.807, 2.05) is 19.4 Å². The molecule has 3 aliphatic heterocycles. The summed E-state index contributed by atoms with van der Waals surface area (Å²) in [5, 5.41) is 4.95. The van der Waals surface area contributed by atoms with Crippen molar-refractivity contribution < 1.29 is 13.7 Å². The molecule has 1 aromatic carbocycles. The molecule has 7 nitrogen and oxygen atoms in total. The highest BCUT2D eigenvalue weighted by Gasteiger charge is 2.52. The molecule has 0 saturated carbocycles. The minimum atomic E-state index is -0.419. The van der Waals surface area contributed by atoms with Crippen LogP contribution in [-0.4, -0.2) is 62.1 Å². The van der Waals surface area contributed by atoms with Crippen LogP contribution in [0.5, 0.6) is 0 Å². The number of benzene rings is 1. The number of ether oxygens (including phenoxy) is 1. The van der Waals surface area contributed by atoms with Crippen LogP contribution in [-0.2, 0) is 11.2 Å². The van der Waals surface area contributed by atoms with E-state index >= 15 is 4.39 Å². The summed E-state index contributed by atoms with van der Waals surface area (Å²) < 4.78 is 27.6. The Balaban J connectivity index is 1.73. The minimum absolute atomic E-state index is 0.00669. The van der Waals surface area contributed by atoms with Crippen LogP contribution in [0.15, 0.2) is 20.6 Å². The van der Waals surface area contributed by atoms with Crippen LogP contribution in [0.3, 0.4) is 0 Å². The molecule has 0 aliphatic carbocycles. The molecule has 3 aliphatic rings. The fourth-order valence-electron chi connectivity index (χ4n) is 5.53. The molecule has 1 fully saturated rings. The molecule has 30 heavy (non-hydrogen) atoms. The van der Waals surface area contributed by atoms with Gasteiger partial charge in [-0.1, -0.05) is 5.16 Å². The summed E-state index contributed by atoms with van der Waals surface area (Å²) in [4.78, 5) is 13.2. The van der Waals surface area contributed by atoms with Gasteiger partial charge in [0.15, 0.2) is 11.6 Å². The highest BCUT2D eigenvalue weighted by atomic mass is 19.1. The second-order valence-corrected chi connectivity index (χ2v) is 8.56. The van der Waals surface area contributed by atoms with E-state index in [1.54, 1.807) is 0 Å². The van der Waals surface area contributed by atoms with Gasteiger partial charge in [-0.25, -0.2) is 4.39 Å². The van der Waals surface area contributed by atoms with Crippen LogP contribution in [0.4, 0.5) is 15.9 Å². The molecule has 160 valence electrons. The van der Waals surface area contributed by atoms with Crippen molar-refractivity contribution in [3.63, 3.8) is 0 Å². The zero-order chi connectivity index (χ0) is 21.0. The molecule has 0 bridgehead atoms. The predicted molar refractivity (Wildman–Crippen MR) is 117 cm³/mol. The maximum Gasteiger partial charge on any atom is 0.206 e. The lowest BCUT2D eigenvalue weighted by Crippen LogP contribution is -2.65. The minimum Gasteiger partial charge on any atom is -0.372 e. The SMILES string of the molecule is CCN(CC)c1noc2c(F)c3c(cc12)CC1(C=NCN=C1)[C@@H]1[C@@H](C)O[C@@H](C)CN31. The summed E-state index contributed by atoms with van der Waals surface area (Å²) >= 11 is 0. The normalized spacial score (nSPS) is 26.8. The van der Waals surface area contributed by atoms with E-state index in [1.165, 1.54) is 0 Å². The van der Waals surface area contributed by atoms with Gasteiger partial charge in [-0.05, 0) is 45.7 Å². The van der Waals surface area contributed by atoms with Crippen molar-refractivity contribution in [3.05, 3.63) is 17.4 Å². The topological polar surface area (TPSA) is 66.5 Å². The van der Waals surface area contributed by atoms with Crippen molar-refractivity contribution in [2.75, 3.05) is 36.1 Å². The Labute approximate surface area is 175 Å². The quantitative estimate of drug-likeness (QED) is 0.771. The molecule has 0 radical (unpaired) electrons. The Morgan fingerprint density at radius 3 is 2.67 bits per heavy atom. The fourth-order valence-corrected chi connectivity index (χ4v) is 5.53. The van der Waals surface area contributed by atoms with Crippen LogP contribution < -0.4 is 9.80 Å². The monoisotopic (exact) mass is 413 g/mol. The van der Waals surface area contributed by atoms with Crippen molar-refractivity contribution in [3.8, 4) is 0 Å². The van der Waals surface area contributed by atoms with Gasteiger partial charge in [0.05, 0.1) is 34.7 Å². The third kappa shape index (κ3) is 2.69. The lowest BCUT2D eigenvalue weighted by molar-refractivity contribution is -0.0432. The first-order valence-corrected chi connectivity index (χ1v) is 10.8. The molecule has 0 unspecified atom stereocenters. The third-order valence-corrected chi connectivity index (χ3v) is 6.64. The largest absolute Gasteiger partial charge is 0.372 e. The van der Waals surface area contributed by atoms with Gasteiger partial charge in [0.2, 0.25) is 5.58 Å². The Bertz CT molecular complexity index is 1020. The average Bonchev–Trinajstić information content (AvgIpc) is 3.13. The smallest absolute Gasteiger partial charge is 0.206 e. The van der Waals surface area contributed by atoms with Crippen molar-refractivity contribution in [2.24, 2.45) is 15.4 Å². The summed E-state index contributed by atoms with van der Waals surface area (Å²) in [7, 11) is 0. The molecule has 2 aromatic rings. The molecule has 1 aromatic heterocycles. The van der Waals surface area contributed by atoms with Crippen molar-refractivity contribution in [1.29, 1.82) is 0 Å². The van der Waals surface area contributed by atoms with Crippen LogP contribution in [0.2, 0.25) is 0 Å². The summed E-state index contributed by atoms with van der Waals surface area (Å²) in [6, 6.07) is 1.97. The molecule has 0 N–H and O–H groups in total. The number of anilines is 2. The average molecular weight is 413 g/mol. The highest BCUT2D eigenvalue weighted by molar-refractivity contribution is 5.97. The number of morpholine rings is 1. The van der Waals surface area contributed by atoms with E-state index in [9.17, 15) is 0 Å². The van der Waals surface area contributed by atoms with Crippen molar-refractivity contribution in [1.82, 2.24) is 5.16 Å². The fraction of sp³-hybridized carbons (Fsp3) is 0.591. The number of rotatable bonds is 3. The second kappa shape index (κ2) is 7.04. The Kier molecular flexibility index (Phi) is 4.57. The molecule has 8 heteroatoms. The maximum absolute atomic E-state index is 15.9. The first kappa shape index (κ1) is 19.5. The van der Waals surface area contributed by atoms with Crippen LogP contribution in [0.25, 0.3) is 11.0 Å².